The second kappa shape index (κ2) is 6.38. The number of nitrogens with one attached hydrogen (secondary N) is 1. The van der Waals surface area contributed by atoms with Gasteiger partial charge in [0.15, 0.2) is 0 Å². The zero-order valence-electron chi connectivity index (χ0n) is 12.1. The number of rotatable bonds is 6. The van der Waals surface area contributed by atoms with Gasteiger partial charge in [0, 0.05) is 31.0 Å². The highest BCUT2D eigenvalue weighted by molar-refractivity contribution is 7.89. The number of nitrogens with zero attached hydrogens (tertiary/aromatic N) is 2. The van der Waals surface area contributed by atoms with Gasteiger partial charge in [-0.15, -0.1) is 0 Å². The molecular weight excluding hydrogens is 288 g/mol. The average molecular weight is 308 g/mol. The third-order valence-corrected chi connectivity index (χ3v) is 4.18. The molecule has 6 nitrogen and oxygen atoms in total. The molecule has 0 saturated carbocycles. The number of aromatic nitrogens is 2. The minimum absolute atomic E-state index is 0.0187. The van der Waals surface area contributed by atoms with Crippen molar-refractivity contribution in [1.82, 2.24) is 14.9 Å². The molecule has 21 heavy (non-hydrogen) atoms. The molecule has 1 aromatic carbocycles. The van der Waals surface area contributed by atoms with Crippen molar-refractivity contribution in [2.24, 2.45) is 5.14 Å². The van der Waals surface area contributed by atoms with Gasteiger partial charge in [-0.05, 0) is 31.5 Å². The topological polar surface area (TPSA) is 90.0 Å². The molecule has 114 valence electrons. The molecule has 0 saturated heterocycles. The highest BCUT2D eigenvalue weighted by Crippen LogP contribution is 2.17. The van der Waals surface area contributed by atoms with Crippen molar-refractivity contribution < 1.29 is 8.42 Å². The maximum Gasteiger partial charge on any atom is 0.238 e. The van der Waals surface area contributed by atoms with Gasteiger partial charge in [-0.2, -0.15) is 0 Å². The summed E-state index contributed by atoms with van der Waals surface area (Å²) in [6, 6.07) is 6.93. The number of primary sulfonamides is 1. The van der Waals surface area contributed by atoms with Crippen molar-refractivity contribution in [2.75, 3.05) is 0 Å². The van der Waals surface area contributed by atoms with Gasteiger partial charge in [-0.3, -0.25) is 0 Å². The number of imidazole rings is 1. The van der Waals surface area contributed by atoms with Crippen LogP contribution in [0, 0.1) is 0 Å². The van der Waals surface area contributed by atoms with E-state index in [-0.39, 0.29) is 17.0 Å². The van der Waals surface area contributed by atoms with E-state index in [1.807, 2.05) is 23.8 Å². The lowest BCUT2D eigenvalue weighted by Gasteiger charge is -2.21. The van der Waals surface area contributed by atoms with Crippen molar-refractivity contribution in [3.8, 4) is 0 Å². The number of hydrogen-bond acceptors (Lipinski definition) is 4. The fraction of sp³-hybridized carbons (Fsp3) is 0.357. The van der Waals surface area contributed by atoms with Gasteiger partial charge >= 0.3 is 0 Å². The minimum atomic E-state index is -3.67. The molecule has 2 atom stereocenters. The molecule has 0 bridgehead atoms. The van der Waals surface area contributed by atoms with Gasteiger partial charge in [-0.25, -0.2) is 18.5 Å². The summed E-state index contributed by atoms with van der Waals surface area (Å²) in [5.74, 6) is 0. The molecule has 0 amide bonds. The Balaban J connectivity index is 2.04. The Kier molecular flexibility index (Phi) is 4.76. The first-order chi connectivity index (χ1) is 9.86. The van der Waals surface area contributed by atoms with Crippen LogP contribution in [0.3, 0.4) is 0 Å². The predicted molar refractivity (Wildman–Crippen MR) is 81.1 cm³/mol. The Hall–Kier alpha value is -1.70. The zero-order chi connectivity index (χ0) is 15.5. The van der Waals surface area contributed by atoms with Gasteiger partial charge in [0.05, 0.1) is 11.2 Å². The number of sulfonamides is 1. The highest BCUT2D eigenvalue weighted by Gasteiger charge is 2.13. The smallest absolute Gasteiger partial charge is 0.238 e. The Bertz CT molecular complexity index is 683. The zero-order valence-corrected chi connectivity index (χ0v) is 12.9. The van der Waals surface area contributed by atoms with Crippen molar-refractivity contribution in [3.63, 3.8) is 0 Å². The summed E-state index contributed by atoms with van der Waals surface area (Å²) < 4.78 is 24.8. The lowest BCUT2D eigenvalue weighted by molar-refractivity contribution is 0.430. The maximum atomic E-state index is 11.4. The lowest BCUT2D eigenvalue weighted by Crippen LogP contribution is -2.32. The summed E-state index contributed by atoms with van der Waals surface area (Å²) in [5, 5.41) is 8.59. The van der Waals surface area contributed by atoms with Crippen LogP contribution in [0.4, 0.5) is 0 Å². The Morgan fingerprint density at radius 2 is 2.14 bits per heavy atom. The van der Waals surface area contributed by atoms with E-state index in [9.17, 15) is 8.42 Å². The molecule has 0 aliphatic heterocycles. The summed E-state index contributed by atoms with van der Waals surface area (Å²) in [4.78, 5) is 4.14. The van der Waals surface area contributed by atoms with Gasteiger partial charge in [0.25, 0.3) is 0 Å². The van der Waals surface area contributed by atoms with Crippen molar-refractivity contribution >= 4 is 10.0 Å². The molecule has 3 N–H and O–H groups in total. The van der Waals surface area contributed by atoms with Crippen LogP contribution in [0.25, 0.3) is 0 Å². The normalized spacial score (nSPS) is 14.8. The molecule has 2 aromatic rings. The van der Waals surface area contributed by atoms with Crippen LogP contribution in [0.5, 0.6) is 0 Å². The first-order valence-electron chi connectivity index (χ1n) is 6.71. The predicted octanol–water partition coefficient (Wildman–Crippen LogP) is 1.27. The number of hydrogen-bond donors (Lipinski definition) is 2. The highest BCUT2D eigenvalue weighted by atomic mass is 32.2. The molecule has 0 spiro atoms. The summed E-state index contributed by atoms with van der Waals surface area (Å²) in [6.07, 6.45) is 5.42. The van der Waals surface area contributed by atoms with Crippen LogP contribution in [-0.4, -0.2) is 24.0 Å². The molecule has 0 aliphatic rings. The SMILES string of the molecule is CC(Cn1ccnc1)NC(C)c1cccc(S(N)(=O)=O)c1. The molecule has 0 aliphatic carbocycles. The van der Waals surface area contributed by atoms with E-state index >= 15 is 0 Å². The van der Waals surface area contributed by atoms with E-state index < -0.39 is 10.0 Å². The molecule has 0 fully saturated rings. The largest absolute Gasteiger partial charge is 0.336 e. The van der Waals surface area contributed by atoms with Crippen LogP contribution < -0.4 is 10.5 Å². The van der Waals surface area contributed by atoms with E-state index in [1.54, 1.807) is 24.7 Å². The van der Waals surface area contributed by atoms with Crippen LogP contribution in [0.15, 0.2) is 47.9 Å². The van der Waals surface area contributed by atoms with E-state index in [2.05, 4.69) is 17.2 Å². The van der Waals surface area contributed by atoms with Gasteiger partial charge < -0.3 is 9.88 Å². The van der Waals surface area contributed by atoms with Crippen molar-refractivity contribution in [1.29, 1.82) is 0 Å². The molecule has 0 radical (unpaired) electrons. The number of nitrogens with two attached hydrogens (primary N) is 1. The van der Waals surface area contributed by atoms with Crippen LogP contribution in [0.2, 0.25) is 0 Å². The standard InChI is InChI=1S/C14H20N4O2S/c1-11(9-18-7-6-16-10-18)17-12(2)13-4-3-5-14(8-13)21(15,19)20/h3-8,10-12,17H,9H2,1-2H3,(H2,15,19,20). The van der Waals surface area contributed by atoms with Gasteiger partial charge in [0.2, 0.25) is 10.0 Å². The van der Waals surface area contributed by atoms with Gasteiger partial charge in [-0.1, -0.05) is 12.1 Å². The van der Waals surface area contributed by atoms with E-state index in [4.69, 9.17) is 5.14 Å². The first-order valence-corrected chi connectivity index (χ1v) is 8.25. The third-order valence-electron chi connectivity index (χ3n) is 3.27. The molecule has 1 heterocycles. The summed E-state index contributed by atoms with van der Waals surface area (Å²) >= 11 is 0. The summed E-state index contributed by atoms with van der Waals surface area (Å²) in [7, 11) is -3.67. The fourth-order valence-corrected chi connectivity index (χ4v) is 2.82. The van der Waals surface area contributed by atoms with Crippen LogP contribution in [-0.2, 0) is 16.6 Å². The Morgan fingerprint density at radius 3 is 2.76 bits per heavy atom. The molecule has 2 unspecified atom stereocenters. The monoisotopic (exact) mass is 308 g/mol. The molecule has 1 aromatic heterocycles. The summed E-state index contributed by atoms with van der Waals surface area (Å²) in [6.45, 7) is 4.85. The quantitative estimate of drug-likeness (QED) is 0.841. The third kappa shape index (κ3) is 4.38. The minimum Gasteiger partial charge on any atom is -0.336 e. The molecule has 2 rings (SSSR count). The Labute approximate surface area is 125 Å². The molecular formula is C14H20N4O2S. The molecule has 7 heteroatoms. The van der Waals surface area contributed by atoms with Crippen LogP contribution in [0.1, 0.15) is 25.5 Å². The summed E-state index contributed by atoms with van der Waals surface area (Å²) in [5.41, 5.74) is 0.888. The van der Waals surface area contributed by atoms with Gasteiger partial charge in [0.1, 0.15) is 0 Å². The fourth-order valence-electron chi connectivity index (χ4n) is 2.25. The second-order valence-electron chi connectivity index (χ2n) is 5.17. The van der Waals surface area contributed by atoms with Crippen molar-refractivity contribution in [3.05, 3.63) is 48.5 Å². The number of benzene rings is 1. The average Bonchev–Trinajstić information content (AvgIpc) is 2.90. The first kappa shape index (κ1) is 15.7. The second-order valence-corrected chi connectivity index (χ2v) is 6.73. The lowest BCUT2D eigenvalue weighted by atomic mass is 10.1. The van der Waals surface area contributed by atoms with Crippen LogP contribution >= 0.6 is 0 Å². The van der Waals surface area contributed by atoms with E-state index in [1.165, 1.54) is 6.07 Å². The van der Waals surface area contributed by atoms with Crippen molar-refractivity contribution in [2.45, 2.75) is 37.4 Å². The van der Waals surface area contributed by atoms with E-state index in [0.29, 0.717) is 0 Å². The Morgan fingerprint density at radius 1 is 1.38 bits per heavy atom. The van der Waals surface area contributed by atoms with E-state index in [0.717, 1.165) is 12.1 Å². The maximum absolute atomic E-state index is 11.4.